The summed E-state index contributed by atoms with van der Waals surface area (Å²) in [7, 11) is 0. The molecule has 1 amide bonds. The molecule has 3 rings (SSSR count). The lowest BCUT2D eigenvalue weighted by Crippen LogP contribution is -2.17. The molecule has 9 heteroatoms. The minimum atomic E-state index is -0.516. The maximum absolute atomic E-state index is 11.9. The summed E-state index contributed by atoms with van der Waals surface area (Å²) >= 11 is 0. The number of nitro benzene ring substituents is 1. The lowest BCUT2D eigenvalue weighted by Gasteiger charge is -2.10. The van der Waals surface area contributed by atoms with E-state index in [-0.39, 0.29) is 17.9 Å². The average molecular weight is 371 g/mol. The van der Waals surface area contributed by atoms with E-state index in [0.717, 1.165) is 6.42 Å². The Bertz CT molecular complexity index is 868. The second kappa shape index (κ2) is 8.65. The quantitative estimate of drug-likeness (QED) is 0.475. The van der Waals surface area contributed by atoms with Crippen LogP contribution in [0.2, 0.25) is 0 Å². The fraction of sp³-hybridized carbons (Fsp3) is 0.222. The molecule has 1 heterocycles. The number of hydrogen-bond acceptors (Lipinski definition) is 7. The number of nitrogens with one attached hydrogen (secondary N) is 1. The molecule has 0 aromatic heterocycles. The van der Waals surface area contributed by atoms with E-state index in [1.165, 1.54) is 18.3 Å². The molecular weight excluding hydrogens is 354 g/mol. The molecule has 0 bridgehead atoms. The molecule has 2 aromatic rings. The minimum Gasteiger partial charge on any atom is -0.490 e. The van der Waals surface area contributed by atoms with Gasteiger partial charge in [-0.1, -0.05) is 17.3 Å². The van der Waals surface area contributed by atoms with Gasteiger partial charge in [-0.15, -0.1) is 0 Å². The van der Waals surface area contributed by atoms with E-state index < -0.39 is 10.8 Å². The van der Waals surface area contributed by atoms with Gasteiger partial charge >= 0.3 is 0 Å². The Balaban J connectivity index is 1.53. The molecule has 0 saturated heterocycles. The highest BCUT2D eigenvalue weighted by Crippen LogP contribution is 2.32. The van der Waals surface area contributed by atoms with E-state index in [4.69, 9.17) is 14.3 Å². The van der Waals surface area contributed by atoms with Gasteiger partial charge in [0.25, 0.3) is 11.6 Å². The van der Waals surface area contributed by atoms with Crippen LogP contribution in [-0.2, 0) is 9.63 Å². The van der Waals surface area contributed by atoms with Gasteiger partial charge in [0.2, 0.25) is 0 Å². The van der Waals surface area contributed by atoms with Crippen LogP contribution in [0.5, 0.6) is 11.5 Å². The van der Waals surface area contributed by atoms with Crippen molar-refractivity contribution >= 4 is 23.5 Å². The van der Waals surface area contributed by atoms with E-state index in [9.17, 15) is 14.9 Å². The van der Waals surface area contributed by atoms with Crippen molar-refractivity contribution in [3.8, 4) is 11.5 Å². The SMILES string of the molecule is O=C(CO/N=C/c1ccccc1[N+](=O)[O-])Nc1ccc2c(c1)OCCCO2. The summed E-state index contributed by atoms with van der Waals surface area (Å²) < 4.78 is 11.1. The number of carbonyl (C=O) groups excluding carboxylic acids is 1. The zero-order valence-corrected chi connectivity index (χ0v) is 14.3. The fourth-order valence-corrected chi connectivity index (χ4v) is 2.39. The van der Waals surface area contributed by atoms with Gasteiger partial charge in [-0.3, -0.25) is 14.9 Å². The molecule has 0 aliphatic carbocycles. The number of ether oxygens (including phenoxy) is 2. The topological polar surface area (TPSA) is 112 Å². The standard InChI is InChI=1S/C18H17N3O6/c22-18(12-27-19-11-13-4-1-2-5-15(13)21(23)24)20-14-6-7-16-17(10-14)26-9-3-8-25-16/h1-2,4-7,10-11H,3,8-9,12H2,(H,20,22)/b19-11+. The van der Waals surface area contributed by atoms with Crippen LogP contribution in [0.15, 0.2) is 47.6 Å². The maximum Gasteiger partial charge on any atom is 0.278 e. The van der Waals surface area contributed by atoms with Gasteiger partial charge in [0, 0.05) is 24.2 Å². The zero-order valence-electron chi connectivity index (χ0n) is 14.3. The van der Waals surface area contributed by atoms with Crippen LogP contribution in [0.1, 0.15) is 12.0 Å². The molecule has 27 heavy (non-hydrogen) atoms. The van der Waals surface area contributed by atoms with Gasteiger partial charge in [-0.05, 0) is 18.2 Å². The number of benzene rings is 2. The molecule has 2 aromatic carbocycles. The third kappa shape index (κ3) is 4.94. The second-order valence-corrected chi connectivity index (χ2v) is 5.58. The van der Waals surface area contributed by atoms with Crippen molar-refractivity contribution in [3.63, 3.8) is 0 Å². The van der Waals surface area contributed by atoms with E-state index in [0.29, 0.717) is 30.4 Å². The lowest BCUT2D eigenvalue weighted by atomic mass is 10.2. The smallest absolute Gasteiger partial charge is 0.278 e. The highest BCUT2D eigenvalue weighted by atomic mass is 16.6. The van der Waals surface area contributed by atoms with Gasteiger partial charge in [0.15, 0.2) is 18.1 Å². The number of para-hydroxylation sites is 1. The van der Waals surface area contributed by atoms with Crippen LogP contribution in [0.25, 0.3) is 0 Å². The Hall–Kier alpha value is -3.62. The van der Waals surface area contributed by atoms with Gasteiger partial charge in [-0.2, -0.15) is 0 Å². The molecule has 0 spiro atoms. The van der Waals surface area contributed by atoms with Crippen molar-refractivity contribution in [3.05, 3.63) is 58.1 Å². The Kier molecular flexibility index (Phi) is 5.83. The first-order valence-electron chi connectivity index (χ1n) is 8.22. The molecule has 140 valence electrons. The van der Waals surface area contributed by atoms with E-state index >= 15 is 0 Å². The van der Waals surface area contributed by atoms with Gasteiger partial charge in [0.1, 0.15) is 0 Å². The summed E-state index contributed by atoms with van der Waals surface area (Å²) in [5.74, 6) is 0.778. The normalized spacial score (nSPS) is 13.0. The Morgan fingerprint density at radius 2 is 2.00 bits per heavy atom. The number of hydrogen-bond donors (Lipinski definition) is 1. The molecule has 1 aliphatic rings. The maximum atomic E-state index is 11.9. The van der Waals surface area contributed by atoms with Gasteiger partial charge in [0.05, 0.1) is 29.9 Å². The Labute approximate surface area is 154 Å². The molecule has 1 aliphatic heterocycles. The molecular formula is C18H17N3O6. The molecule has 0 unspecified atom stereocenters. The van der Waals surface area contributed by atoms with Crippen molar-refractivity contribution in [2.75, 3.05) is 25.1 Å². The second-order valence-electron chi connectivity index (χ2n) is 5.58. The van der Waals surface area contributed by atoms with Gasteiger partial charge < -0.3 is 19.6 Å². The predicted molar refractivity (Wildman–Crippen MR) is 97.3 cm³/mol. The largest absolute Gasteiger partial charge is 0.490 e. The van der Waals surface area contributed by atoms with Crippen LogP contribution in [0, 0.1) is 10.1 Å². The number of amides is 1. The lowest BCUT2D eigenvalue weighted by molar-refractivity contribution is -0.385. The monoisotopic (exact) mass is 371 g/mol. The van der Waals surface area contributed by atoms with E-state index in [2.05, 4.69) is 10.5 Å². The van der Waals surface area contributed by atoms with Crippen LogP contribution in [-0.4, -0.2) is 36.9 Å². The first kappa shape index (κ1) is 18.2. The van der Waals surface area contributed by atoms with Crippen molar-refractivity contribution < 1.29 is 24.0 Å². The van der Waals surface area contributed by atoms with Crippen LogP contribution < -0.4 is 14.8 Å². The predicted octanol–water partition coefficient (Wildman–Crippen LogP) is 2.75. The van der Waals surface area contributed by atoms with Crippen LogP contribution in [0.4, 0.5) is 11.4 Å². The van der Waals surface area contributed by atoms with Crippen molar-refractivity contribution in [1.82, 2.24) is 0 Å². The first-order chi connectivity index (χ1) is 13.1. The number of nitro groups is 1. The van der Waals surface area contributed by atoms with E-state index in [1.54, 1.807) is 30.3 Å². The number of anilines is 1. The summed E-state index contributed by atoms with van der Waals surface area (Å²) in [6.07, 6.45) is 1.99. The summed E-state index contributed by atoms with van der Waals surface area (Å²) in [6.45, 7) is 0.795. The molecule has 9 nitrogen and oxygen atoms in total. The van der Waals surface area contributed by atoms with Crippen molar-refractivity contribution in [1.29, 1.82) is 0 Å². The zero-order chi connectivity index (χ0) is 19.1. The van der Waals surface area contributed by atoms with Gasteiger partial charge in [-0.25, -0.2) is 0 Å². The summed E-state index contributed by atoms with van der Waals surface area (Å²) in [5, 5.41) is 17.2. The van der Waals surface area contributed by atoms with Crippen molar-refractivity contribution in [2.45, 2.75) is 6.42 Å². The Morgan fingerprint density at radius 3 is 2.81 bits per heavy atom. The average Bonchev–Trinajstić information content (AvgIpc) is 2.90. The number of fused-ring (bicyclic) bond motifs is 1. The third-order valence-corrected chi connectivity index (χ3v) is 3.63. The highest BCUT2D eigenvalue weighted by Gasteiger charge is 2.12. The highest BCUT2D eigenvalue weighted by molar-refractivity contribution is 5.92. The van der Waals surface area contributed by atoms with Crippen LogP contribution in [0.3, 0.4) is 0 Å². The molecule has 0 atom stereocenters. The number of nitrogens with zero attached hydrogens (tertiary/aromatic N) is 2. The van der Waals surface area contributed by atoms with E-state index in [1.807, 2.05) is 0 Å². The third-order valence-electron chi connectivity index (χ3n) is 3.63. The van der Waals surface area contributed by atoms with Crippen LogP contribution >= 0.6 is 0 Å². The van der Waals surface area contributed by atoms with Crippen molar-refractivity contribution in [2.24, 2.45) is 5.16 Å². The molecule has 0 saturated carbocycles. The first-order valence-corrected chi connectivity index (χ1v) is 8.22. The summed E-state index contributed by atoms with van der Waals surface area (Å²) in [4.78, 5) is 27.3. The number of rotatable bonds is 6. The summed E-state index contributed by atoms with van der Waals surface area (Å²) in [6, 6.07) is 11.2. The molecule has 0 fully saturated rings. The summed E-state index contributed by atoms with van der Waals surface area (Å²) in [5.41, 5.74) is 0.725. The molecule has 0 radical (unpaired) electrons. The number of carbonyl (C=O) groups is 1. The minimum absolute atomic E-state index is 0.0958. The fourth-order valence-electron chi connectivity index (χ4n) is 2.39. The Morgan fingerprint density at radius 1 is 1.22 bits per heavy atom. The molecule has 1 N–H and O–H groups in total. The number of oxime groups is 1.